The zero-order chi connectivity index (χ0) is 25.2. The predicted octanol–water partition coefficient (Wildman–Crippen LogP) is 4.67. The maximum Gasteiger partial charge on any atom is 0.416 e. The number of ether oxygens (including phenoxy) is 2. The first-order chi connectivity index (χ1) is 16.5. The van der Waals surface area contributed by atoms with Gasteiger partial charge in [0.15, 0.2) is 11.5 Å². The minimum absolute atomic E-state index is 0.0375. The summed E-state index contributed by atoms with van der Waals surface area (Å²) < 4.78 is 77.5. The predicted molar refractivity (Wildman–Crippen MR) is 120 cm³/mol. The van der Waals surface area contributed by atoms with Crippen LogP contribution >= 0.6 is 0 Å². The molecular weight excluding hydrogens is 491 g/mol. The van der Waals surface area contributed by atoms with Crippen molar-refractivity contribution in [1.82, 2.24) is 0 Å². The summed E-state index contributed by atoms with van der Waals surface area (Å²) in [5.41, 5.74) is -1.87. The minimum Gasteiger partial charge on any atom is -0.486 e. The van der Waals surface area contributed by atoms with Crippen LogP contribution in [-0.4, -0.2) is 32.6 Å². The molecule has 3 aromatic carbocycles. The van der Waals surface area contributed by atoms with Crippen LogP contribution in [0.5, 0.6) is 11.5 Å². The van der Waals surface area contributed by atoms with Crippen molar-refractivity contribution in [3.63, 3.8) is 0 Å². The van der Waals surface area contributed by atoms with Crippen LogP contribution in [-0.2, 0) is 16.2 Å². The summed E-state index contributed by atoms with van der Waals surface area (Å²) >= 11 is 0. The van der Waals surface area contributed by atoms with Crippen molar-refractivity contribution in [1.29, 1.82) is 0 Å². The molecule has 0 radical (unpaired) electrons. The smallest absolute Gasteiger partial charge is 0.416 e. The Labute approximate surface area is 197 Å². The number of sulfonamides is 1. The van der Waals surface area contributed by atoms with Gasteiger partial charge in [-0.3, -0.25) is 14.8 Å². The molecule has 184 valence electrons. The van der Waals surface area contributed by atoms with Crippen LogP contribution in [0.1, 0.15) is 5.56 Å². The Hall–Kier alpha value is -4.00. The largest absolute Gasteiger partial charge is 0.486 e. The number of benzene rings is 3. The van der Waals surface area contributed by atoms with Crippen LogP contribution in [0.15, 0.2) is 71.6 Å². The number of hydrogen-bond donors (Lipinski definition) is 2. The molecule has 9 nitrogen and oxygen atoms in total. The lowest BCUT2D eigenvalue weighted by Crippen LogP contribution is -2.35. The van der Waals surface area contributed by atoms with Gasteiger partial charge in [-0.15, -0.1) is 0 Å². The lowest BCUT2D eigenvalue weighted by Gasteiger charge is -2.26. The van der Waals surface area contributed by atoms with Gasteiger partial charge in [-0.05, 0) is 42.5 Å². The van der Waals surface area contributed by atoms with Gasteiger partial charge < -0.3 is 14.8 Å². The van der Waals surface area contributed by atoms with E-state index < -0.39 is 43.4 Å². The molecule has 0 aromatic heterocycles. The number of para-hydroxylation sites is 2. The standard InChI is InChI=1S/C22H18F3N3O6S/c23-22(24,25)14-4-3-5-15(10-14)27-35(31,32)17-8-9-18(19(11-17)28(29)30)26-12-16-13-33-20-6-1-2-7-21(20)34-16/h1-11,16,26-27H,12-13H2. The Bertz CT molecular complexity index is 1360. The van der Waals surface area contributed by atoms with Gasteiger partial charge in [0.25, 0.3) is 15.7 Å². The van der Waals surface area contributed by atoms with Gasteiger partial charge in [-0.2, -0.15) is 13.2 Å². The second kappa shape index (κ2) is 9.33. The summed E-state index contributed by atoms with van der Waals surface area (Å²) in [6.45, 7) is 0.328. The molecule has 1 atom stereocenters. The summed E-state index contributed by atoms with van der Waals surface area (Å²) in [4.78, 5) is 10.3. The summed E-state index contributed by atoms with van der Waals surface area (Å²) in [6, 6.07) is 13.8. The molecule has 1 aliphatic rings. The van der Waals surface area contributed by atoms with Crippen molar-refractivity contribution >= 4 is 27.1 Å². The number of nitro benzene ring substituents is 1. The highest BCUT2D eigenvalue weighted by Gasteiger charge is 2.31. The molecule has 0 saturated heterocycles. The van der Waals surface area contributed by atoms with E-state index in [0.717, 1.165) is 30.3 Å². The molecule has 0 amide bonds. The molecular formula is C22H18F3N3O6S. The van der Waals surface area contributed by atoms with Gasteiger partial charge in [0.05, 0.1) is 21.9 Å². The lowest BCUT2D eigenvalue weighted by atomic mass is 10.2. The molecule has 0 saturated carbocycles. The Balaban J connectivity index is 1.50. The summed E-state index contributed by atoms with van der Waals surface area (Å²) in [5, 5.41) is 14.5. The summed E-state index contributed by atoms with van der Waals surface area (Å²) in [6.07, 6.45) is -5.13. The molecule has 0 fully saturated rings. The Morgan fingerprint density at radius 3 is 2.49 bits per heavy atom. The van der Waals surface area contributed by atoms with E-state index in [9.17, 15) is 31.7 Å². The van der Waals surface area contributed by atoms with E-state index in [1.807, 2.05) is 4.72 Å². The molecule has 1 unspecified atom stereocenters. The summed E-state index contributed by atoms with van der Waals surface area (Å²) in [7, 11) is -4.41. The second-order valence-electron chi connectivity index (χ2n) is 7.50. The SMILES string of the molecule is O=[N+]([O-])c1cc(S(=O)(=O)Nc2cccc(C(F)(F)F)c2)ccc1NCC1COc2ccccc2O1. The third-order valence-corrected chi connectivity index (χ3v) is 6.38. The highest BCUT2D eigenvalue weighted by molar-refractivity contribution is 7.92. The molecule has 0 aliphatic carbocycles. The number of nitrogens with one attached hydrogen (secondary N) is 2. The average molecular weight is 509 g/mol. The van der Waals surface area contributed by atoms with Crippen LogP contribution in [0.3, 0.4) is 0 Å². The number of alkyl halides is 3. The van der Waals surface area contributed by atoms with Gasteiger partial charge in [0.1, 0.15) is 18.4 Å². The van der Waals surface area contributed by atoms with E-state index in [2.05, 4.69) is 5.32 Å². The highest BCUT2D eigenvalue weighted by atomic mass is 32.2. The zero-order valence-corrected chi connectivity index (χ0v) is 18.6. The Morgan fingerprint density at radius 1 is 1.03 bits per heavy atom. The van der Waals surface area contributed by atoms with Crippen molar-refractivity contribution in [2.45, 2.75) is 17.2 Å². The van der Waals surface area contributed by atoms with E-state index in [1.165, 1.54) is 6.07 Å². The monoisotopic (exact) mass is 509 g/mol. The van der Waals surface area contributed by atoms with E-state index in [4.69, 9.17) is 9.47 Å². The normalized spacial score (nSPS) is 15.3. The van der Waals surface area contributed by atoms with Gasteiger partial charge in [0.2, 0.25) is 0 Å². The second-order valence-corrected chi connectivity index (χ2v) is 9.18. The highest BCUT2D eigenvalue weighted by Crippen LogP contribution is 2.33. The number of halogens is 3. The number of nitro groups is 1. The quantitative estimate of drug-likeness (QED) is 0.351. The van der Waals surface area contributed by atoms with Crippen LogP contribution in [0.4, 0.5) is 30.2 Å². The molecule has 35 heavy (non-hydrogen) atoms. The average Bonchev–Trinajstić information content (AvgIpc) is 2.81. The molecule has 3 aromatic rings. The molecule has 0 bridgehead atoms. The van der Waals surface area contributed by atoms with Gasteiger partial charge in [-0.1, -0.05) is 18.2 Å². The number of fused-ring (bicyclic) bond motifs is 1. The van der Waals surface area contributed by atoms with E-state index in [1.54, 1.807) is 24.3 Å². The van der Waals surface area contributed by atoms with Crippen LogP contribution in [0.2, 0.25) is 0 Å². The lowest BCUT2D eigenvalue weighted by molar-refractivity contribution is -0.384. The molecule has 2 N–H and O–H groups in total. The third-order valence-electron chi connectivity index (χ3n) is 5.01. The van der Waals surface area contributed by atoms with Crippen molar-refractivity contribution in [3.8, 4) is 11.5 Å². The van der Waals surface area contributed by atoms with Gasteiger partial charge in [-0.25, -0.2) is 8.42 Å². The fraction of sp³-hybridized carbons (Fsp3) is 0.182. The van der Waals surface area contributed by atoms with E-state index in [0.29, 0.717) is 17.6 Å². The topological polar surface area (TPSA) is 120 Å². The Morgan fingerprint density at radius 2 is 1.77 bits per heavy atom. The number of hydrogen-bond acceptors (Lipinski definition) is 7. The summed E-state index contributed by atoms with van der Waals surface area (Å²) in [5.74, 6) is 1.11. The first kappa shape index (κ1) is 24.1. The van der Waals surface area contributed by atoms with Crippen molar-refractivity contribution < 1.29 is 36.0 Å². The van der Waals surface area contributed by atoms with E-state index >= 15 is 0 Å². The molecule has 13 heteroatoms. The maximum atomic E-state index is 12.9. The van der Waals surface area contributed by atoms with Crippen molar-refractivity contribution in [2.75, 3.05) is 23.2 Å². The number of nitrogens with zero attached hydrogens (tertiary/aromatic N) is 1. The zero-order valence-electron chi connectivity index (χ0n) is 17.8. The molecule has 1 heterocycles. The fourth-order valence-corrected chi connectivity index (χ4v) is 4.41. The van der Waals surface area contributed by atoms with Crippen molar-refractivity contribution in [2.24, 2.45) is 0 Å². The Kier molecular flexibility index (Phi) is 6.43. The molecule has 0 spiro atoms. The first-order valence-corrected chi connectivity index (χ1v) is 11.6. The fourth-order valence-electron chi connectivity index (χ4n) is 3.34. The number of rotatable bonds is 7. The van der Waals surface area contributed by atoms with Crippen molar-refractivity contribution in [3.05, 3.63) is 82.4 Å². The third kappa shape index (κ3) is 5.57. The maximum absolute atomic E-state index is 12.9. The van der Waals surface area contributed by atoms with Crippen LogP contribution in [0.25, 0.3) is 0 Å². The van der Waals surface area contributed by atoms with Gasteiger partial charge >= 0.3 is 6.18 Å². The van der Waals surface area contributed by atoms with Crippen LogP contribution in [0, 0.1) is 10.1 Å². The molecule has 4 rings (SSSR count). The van der Waals surface area contributed by atoms with E-state index in [-0.39, 0.29) is 24.5 Å². The van der Waals surface area contributed by atoms with Gasteiger partial charge in [0, 0.05) is 11.8 Å². The van der Waals surface area contributed by atoms with Crippen LogP contribution < -0.4 is 19.5 Å². The number of anilines is 2. The minimum atomic E-state index is -4.66. The first-order valence-electron chi connectivity index (χ1n) is 10.1. The molecule has 1 aliphatic heterocycles.